The van der Waals surface area contributed by atoms with E-state index in [4.69, 9.17) is 11.5 Å². The van der Waals surface area contributed by atoms with Crippen LogP contribution < -0.4 is 16.8 Å². The van der Waals surface area contributed by atoms with Gasteiger partial charge < -0.3 is 16.8 Å². The number of benzene rings is 1. The van der Waals surface area contributed by atoms with Gasteiger partial charge in [0.05, 0.1) is 0 Å². The zero-order valence-corrected chi connectivity index (χ0v) is 22.1. The van der Waals surface area contributed by atoms with Gasteiger partial charge in [0.1, 0.15) is 0 Å². The van der Waals surface area contributed by atoms with Crippen molar-refractivity contribution in [3.63, 3.8) is 0 Å². The number of nitrogens with two attached hydrogens (primary N) is 2. The second-order valence-electron chi connectivity index (χ2n) is 11.2. The van der Waals surface area contributed by atoms with Crippen LogP contribution in [0.15, 0.2) is 12.1 Å². The SMILES string of the molecule is CCC(C)[C@H]1CC[C@@H](C(=O)Nc2cc(C(N)=O)c([C@H]3CC[C@@H](C(C)CC)CC3)c(C(N)=O)c2)CC1. The van der Waals surface area contributed by atoms with E-state index >= 15 is 0 Å². The van der Waals surface area contributed by atoms with Crippen LogP contribution in [0, 0.1) is 29.6 Å². The van der Waals surface area contributed by atoms with Gasteiger partial charge in [-0.05, 0) is 98.7 Å². The Morgan fingerprint density at radius 2 is 1.23 bits per heavy atom. The lowest BCUT2D eigenvalue weighted by molar-refractivity contribution is -0.121. The van der Waals surface area contributed by atoms with Crippen LogP contribution in [-0.2, 0) is 4.79 Å². The highest BCUT2D eigenvalue weighted by atomic mass is 16.2. The molecule has 0 bridgehead atoms. The maximum atomic E-state index is 13.0. The van der Waals surface area contributed by atoms with Crippen molar-refractivity contribution in [3.05, 3.63) is 28.8 Å². The van der Waals surface area contributed by atoms with Gasteiger partial charge in [0.2, 0.25) is 17.7 Å². The first-order valence-electron chi connectivity index (χ1n) is 13.7. The molecule has 3 amide bonds. The van der Waals surface area contributed by atoms with Crippen LogP contribution in [0.4, 0.5) is 5.69 Å². The van der Waals surface area contributed by atoms with Crippen LogP contribution in [0.3, 0.4) is 0 Å². The minimum atomic E-state index is -0.586. The molecule has 35 heavy (non-hydrogen) atoms. The number of rotatable bonds is 9. The molecule has 0 heterocycles. The number of nitrogens with one attached hydrogen (secondary N) is 1. The topological polar surface area (TPSA) is 115 Å². The summed E-state index contributed by atoms with van der Waals surface area (Å²) in [4.78, 5) is 38.0. The maximum absolute atomic E-state index is 13.0. The highest BCUT2D eigenvalue weighted by Crippen LogP contribution is 2.42. The Morgan fingerprint density at radius 3 is 1.63 bits per heavy atom. The van der Waals surface area contributed by atoms with Crippen molar-refractivity contribution in [2.45, 2.75) is 97.8 Å². The molecule has 2 fully saturated rings. The Labute approximate surface area is 211 Å². The summed E-state index contributed by atoms with van der Waals surface area (Å²) in [6.45, 7) is 9.03. The molecule has 2 saturated carbocycles. The monoisotopic (exact) mass is 483 g/mol. The fourth-order valence-electron chi connectivity index (χ4n) is 6.41. The summed E-state index contributed by atoms with van der Waals surface area (Å²) in [5.74, 6) is 1.48. The van der Waals surface area contributed by atoms with Gasteiger partial charge in [0.15, 0.2) is 0 Å². The van der Waals surface area contributed by atoms with Crippen LogP contribution in [0.5, 0.6) is 0 Å². The lowest BCUT2D eigenvalue weighted by atomic mass is 9.72. The van der Waals surface area contributed by atoms with Crippen molar-refractivity contribution in [2.24, 2.45) is 41.1 Å². The summed E-state index contributed by atoms with van der Waals surface area (Å²) in [6, 6.07) is 3.29. The summed E-state index contributed by atoms with van der Waals surface area (Å²) in [5.41, 5.74) is 13.3. The number of hydrogen-bond acceptors (Lipinski definition) is 3. The fourth-order valence-corrected chi connectivity index (χ4v) is 6.41. The number of amides is 3. The second-order valence-corrected chi connectivity index (χ2v) is 11.2. The Morgan fingerprint density at radius 1 is 0.800 bits per heavy atom. The highest BCUT2D eigenvalue weighted by Gasteiger charge is 2.32. The quantitative estimate of drug-likeness (QED) is 0.400. The second kappa shape index (κ2) is 12.0. The van der Waals surface area contributed by atoms with E-state index in [0.29, 0.717) is 46.0 Å². The van der Waals surface area contributed by atoms with Crippen LogP contribution in [-0.4, -0.2) is 17.7 Å². The summed E-state index contributed by atoms with van der Waals surface area (Å²) >= 11 is 0. The largest absolute Gasteiger partial charge is 0.366 e. The minimum Gasteiger partial charge on any atom is -0.366 e. The molecule has 1 aromatic rings. The number of hydrogen-bond donors (Lipinski definition) is 3. The normalized spacial score (nSPS) is 26.5. The number of primary amides is 2. The highest BCUT2D eigenvalue weighted by molar-refractivity contribution is 6.04. The van der Waals surface area contributed by atoms with E-state index in [2.05, 4.69) is 33.0 Å². The maximum Gasteiger partial charge on any atom is 0.249 e. The first-order valence-corrected chi connectivity index (χ1v) is 13.7. The Kier molecular flexibility index (Phi) is 9.37. The van der Waals surface area contributed by atoms with Gasteiger partial charge in [0.25, 0.3) is 0 Å². The molecular formula is C29H45N3O3. The molecule has 6 heteroatoms. The average Bonchev–Trinajstić information content (AvgIpc) is 2.87. The zero-order chi connectivity index (χ0) is 25.7. The van der Waals surface area contributed by atoms with Gasteiger partial charge in [-0.1, -0.05) is 40.5 Å². The molecular weight excluding hydrogens is 438 g/mol. The predicted molar refractivity (Wildman–Crippen MR) is 141 cm³/mol. The van der Waals surface area contributed by atoms with Crippen LogP contribution in [0.1, 0.15) is 124 Å². The first-order chi connectivity index (χ1) is 16.7. The molecule has 3 rings (SSSR count). The van der Waals surface area contributed by atoms with Crippen molar-refractivity contribution in [3.8, 4) is 0 Å². The molecule has 0 radical (unpaired) electrons. The number of carbonyl (C=O) groups excluding carboxylic acids is 3. The van der Waals surface area contributed by atoms with E-state index in [9.17, 15) is 14.4 Å². The fraction of sp³-hybridized carbons (Fsp3) is 0.690. The molecule has 2 aliphatic rings. The Hall–Kier alpha value is -2.37. The van der Waals surface area contributed by atoms with Crippen LogP contribution >= 0.6 is 0 Å². The van der Waals surface area contributed by atoms with Gasteiger partial charge in [-0.15, -0.1) is 0 Å². The van der Waals surface area contributed by atoms with E-state index in [0.717, 1.165) is 57.8 Å². The van der Waals surface area contributed by atoms with Gasteiger partial charge in [-0.25, -0.2) is 0 Å². The molecule has 194 valence electrons. The van der Waals surface area contributed by atoms with Crippen molar-refractivity contribution in [1.82, 2.24) is 0 Å². The van der Waals surface area contributed by atoms with Gasteiger partial charge >= 0.3 is 0 Å². The predicted octanol–water partition coefficient (Wildman–Crippen LogP) is 6.00. The molecule has 1 aromatic carbocycles. The molecule has 5 N–H and O–H groups in total. The third kappa shape index (κ3) is 6.45. The molecule has 0 aromatic heterocycles. The molecule has 2 aliphatic carbocycles. The zero-order valence-electron chi connectivity index (χ0n) is 22.1. The molecule has 6 nitrogen and oxygen atoms in total. The van der Waals surface area contributed by atoms with E-state index < -0.39 is 11.8 Å². The van der Waals surface area contributed by atoms with Crippen molar-refractivity contribution in [1.29, 1.82) is 0 Å². The van der Waals surface area contributed by atoms with Crippen LogP contribution in [0.2, 0.25) is 0 Å². The van der Waals surface area contributed by atoms with Crippen molar-refractivity contribution >= 4 is 23.4 Å². The smallest absolute Gasteiger partial charge is 0.249 e. The van der Waals surface area contributed by atoms with Gasteiger partial charge in [-0.3, -0.25) is 14.4 Å². The van der Waals surface area contributed by atoms with Gasteiger partial charge in [-0.2, -0.15) is 0 Å². The molecule has 0 spiro atoms. The van der Waals surface area contributed by atoms with E-state index in [-0.39, 0.29) is 17.7 Å². The summed E-state index contributed by atoms with van der Waals surface area (Å²) in [7, 11) is 0. The Balaban J connectivity index is 1.79. The average molecular weight is 484 g/mol. The third-order valence-corrected chi connectivity index (χ3v) is 9.20. The summed E-state index contributed by atoms with van der Waals surface area (Å²) < 4.78 is 0. The third-order valence-electron chi connectivity index (χ3n) is 9.20. The molecule has 2 unspecified atom stereocenters. The lowest BCUT2D eigenvalue weighted by Gasteiger charge is -2.33. The van der Waals surface area contributed by atoms with Crippen molar-refractivity contribution < 1.29 is 14.4 Å². The minimum absolute atomic E-state index is 0.0553. The standard InChI is InChI=1S/C29H45N3O3/c1-5-17(3)19-7-11-21(12-8-19)26-24(27(30)33)15-23(16-25(26)28(31)34)32-29(35)22-13-9-20(10-14-22)18(4)6-2/h15-22H,5-14H2,1-4H3,(H2,30,33)(H2,31,34)(H,32,35)/t17?,18?,19-,20-,21+,22+. The summed E-state index contributed by atoms with van der Waals surface area (Å²) in [6.07, 6.45) is 10.1. The van der Waals surface area contributed by atoms with E-state index in [1.165, 1.54) is 6.42 Å². The molecule has 0 aliphatic heterocycles. The van der Waals surface area contributed by atoms with E-state index in [1.807, 2.05) is 0 Å². The summed E-state index contributed by atoms with van der Waals surface area (Å²) in [5, 5.41) is 2.97. The van der Waals surface area contributed by atoms with E-state index in [1.54, 1.807) is 12.1 Å². The lowest BCUT2D eigenvalue weighted by Crippen LogP contribution is -2.30. The first kappa shape index (κ1) is 27.2. The molecule has 0 saturated heterocycles. The number of anilines is 1. The van der Waals surface area contributed by atoms with Crippen LogP contribution in [0.25, 0.3) is 0 Å². The Bertz CT molecular complexity index is 877. The van der Waals surface area contributed by atoms with Crippen molar-refractivity contribution in [2.75, 3.05) is 5.32 Å². The molecule has 2 atom stereocenters. The van der Waals surface area contributed by atoms with Gasteiger partial charge in [0, 0.05) is 22.7 Å². The number of carbonyl (C=O) groups is 3.